The first-order chi connectivity index (χ1) is 13.7. The number of nitrogens with zero attached hydrogens (tertiary/aromatic N) is 3. The number of hydrogen-bond acceptors (Lipinski definition) is 3. The Balaban J connectivity index is 2.25. The van der Waals surface area contributed by atoms with E-state index in [9.17, 15) is 14.0 Å². The Labute approximate surface area is 176 Å². The molecule has 7 heteroatoms. The van der Waals surface area contributed by atoms with Crippen molar-refractivity contribution in [3.8, 4) is 0 Å². The molecule has 0 saturated heterocycles. The molecule has 0 fully saturated rings. The van der Waals surface area contributed by atoms with Gasteiger partial charge in [-0.3, -0.25) is 4.79 Å². The molecule has 0 spiro atoms. The lowest BCUT2D eigenvalue weighted by atomic mass is 10.2. The number of halogens is 1. The fourth-order valence-corrected chi connectivity index (χ4v) is 3.84. The van der Waals surface area contributed by atoms with Crippen LogP contribution in [0, 0.1) is 12.7 Å². The largest absolute Gasteiger partial charge is 0.332 e. The van der Waals surface area contributed by atoms with E-state index in [1.54, 1.807) is 47.4 Å². The first-order valence-electron chi connectivity index (χ1n) is 9.76. The van der Waals surface area contributed by atoms with E-state index >= 15 is 0 Å². The van der Waals surface area contributed by atoms with Crippen LogP contribution in [0.1, 0.15) is 36.3 Å². The van der Waals surface area contributed by atoms with Gasteiger partial charge in [0, 0.05) is 31.6 Å². The van der Waals surface area contributed by atoms with Crippen molar-refractivity contribution < 1.29 is 14.0 Å². The molecule has 0 bridgehead atoms. The van der Waals surface area contributed by atoms with Crippen LogP contribution in [0.2, 0.25) is 0 Å². The maximum atomic E-state index is 13.3. The third-order valence-electron chi connectivity index (χ3n) is 5.00. The molecule has 1 aromatic heterocycles. The Kier molecular flexibility index (Phi) is 8.20. The van der Waals surface area contributed by atoms with Gasteiger partial charge in [-0.25, -0.2) is 9.18 Å². The van der Waals surface area contributed by atoms with Crippen molar-refractivity contribution in [1.29, 1.82) is 0 Å². The zero-order chi connectivity index (χ0) is 21.6. The van der Waals surface area contributed by atoms with E-state index in [4.69, 9.17) is 0 Å². The van der Waals surface area contributed by atoms with Crippen molar-refractivity contribution in [1.82, 2.24) is 14.7 Å². The minimum Gasteiger partial charge on any atom is -0.332 e. The van der Waals surface area contributed by atoms with Crippen molar-refractivity contribution in [2.75, 3.05) is 20.6 Å². The van der Waals surface area contributed by atoms with Crippen LogP contribution in [0.4, 0.5) is 9.18 Å². The zero-order valence-electron chi connectivity index (χ0n) is 17.8. The van der Waals surface area contributed by atoms with Gasteiger partial charge in [-0.1, -0.05) is 19.1 Å². The molecule has 158 valence electrons. The summed E-state index contributed by atoms with van der Waals surface area (Å²) in [6, 6.07) is 7.97. The summed E-state index contributed by atoms with van der Waals surface area (Å²) in [4.78, 5) is 31.8. The van der Waals surface area contributed by atoms with E-state index in [2.05, 4.69) is 0 Å². The molecule has 5 nitrogen and oxygen atoms in total. The lowest BCUT2D eigenvalue weighted by molar-refractivity contribution is -0.133. The molecule has 0 radical (unpaired) electrons. The van der Waals surface area contributed by atoms with Crippen LogP contribution in [0.5, 0.6) is 0 Å². The summed E-state index contributed by atoms with van der Waals surface area (Å²) in [5.74, 6) is -0.433. The van der Waals surface area contributed by atoms with Gasteiger partial charge in [0.25, 0.3) is 0 Å². The Hall–Kier alpha value is -2.41. The molecule has 0 N–H and O–H groups in total. The zero-order valence-corrected chi connectivity index (χ0v) is 18.6. The second kappa shape index (κ2) is 10.4. The first kappa shape index (κ1) is 22.9. The van der Waals surface area contributed by atoms with Crippen molar-refractivity contribution in [3.63, 3.8) is 0 Å². The van der Waals surface area contributed by atoms with E-state index in [1.165, 1.54) is 17.0 Å². The number of urea groups is 1. The van der Waals surface area contributed by atoms with Crippen LogP contribution in [0.25, 0.3) is 0 Å². The van der Waals surface area contributed by atoms with E-state index in [-0.39, 0.29) is 30.3 Å². The van der Waals surface area contributed by atoms with Crippen LogP contribution in [0.15, 0.2) is 35.7 Å². The summed E-state index contributed by atoms with van der Waals surface area (Å²) in [7, 11) is 3.38. The summed E-state index contributed by atoms with van der Waals surface area (Å²) in [6.45, 7) is 6.80. The lowest BCUT2D eigenvalue weighted by Gasteiger charge is -2.33. The molecule has 1 atom stereocenters. The third-order valence-corrected chi connectivity index (χ3v) is 6.01. The standard InChI is InChI=1S/C22H30FN3O2S/c1-6-17(3)26(22(28)24(4)5)15-21(27)25(14-20-16(2)11-12-29-20)13-18-7-9-19(23)10-8-18/h7-12,17H,6,13-15H2,1-5H3. The number of carbonyl (C=O) groups is 2. The predicted octanol–water partition coefficient (Wildman–Crippen LogP) is 4.51. The monoisotopic (exact) mass is 419 g/mol. The van der Waals surface area contributed by atoms with Crippen molar-refractivity contribution in [2.24, 2.45) is 0 Å². The molecular formula is C22H30FN3O2S. The van der Waals surface area contributed by atoms with Crippen molar-refractivity contribution in [2.45, 2.75) is 46.3 Å². The number of aryl methyl sites for hydroxylation is 1. The normalized spacial score (nSPS) is 11.8. The molecule has 1 aromatic carbocycles. The van der Waals surface area contributed by atoms with Gasteiger partial charge in [0.1, 0.15) is 12.4 Å². The Morgan fingerprint density at radius 2 is 1.76 bits per heavy atom. The molecule has 0 saturated carbocycles. The third kappa shape index (κ3) is 6.29. The molecule has 1 unspecified atom stereocenters. The second-order valence-corrected chi connectivity index (χ2v) is 8.47. The average molecular weight is 420 g/mol. The predicted molar refractivity (Wildman–Crippen MR) is 115 cm³/mol. The summed E-state index contributed by atoms with van der Waals surface area (Å²) >= 11 is 1.61. The number of rotatable bonds is 8. The molecule has 0 aliphatic carbocycles. The Morgan fingerprint density at radius 1 is 1.10 bits per heavy atom. The number of carbonyl (C=O) groups excluding carboxylic acids is 2. The Bertz CT molecular complexity index is 820. The van der Waals surface area contributed by atoms with Gasteiger partial charge in [0.05, 0.1) is 6.54 Å². The molecule has 1 heterocycles. The molecule has 3 amide bonds. The summed E-state index contributed by atoms with van der Waals surface area (Å²) in [5, 5.41) is 2.01. The lowest BCUT2D eigenvalue weighted by Crippen LogP contribution is -2.49. The number of benzene rings is 1. The first-order valence-corrected chi connectivity index (χ1v) is 10.6. The van der Waals surface area contributed by atoms with Gasteiger partial charge in [-0.15, -0.1) is 11.3 Å². The van der Waals surface area contributed by atoms with Gasteiger partial charge >= 0.3 is 6.03 Å². The minimum absolute atomic E-state index is 0.0115. The number of amides is 3. The molecular weight excluding hydrogens is 389 g/mol. The van der Waals surface area contributed by atoms with Crippen molar-refractivity contribution in [3.05, 3.63) is 57.5 Å². The molecule has 2 rings (SSSR count). The van der Waals surface area contributed by atoms with Gasteiger partial charge in [-0.05, 0) is 55.0 Å². The van der Waals surface area contributed by atoms with Crippen LogP contribution >= 0.6 is 11.3 Å². The van der Waals surface area contributed by atoms with Crippen LogP contribution in [0.3, 0.4) is 0 Å². The summed E-state index contributed by atoms with van der Waals surface area (Å²) in [6.07, 6.45) is 0.759. The fourth-order valence-electron chi connectivity index (χ4n) is 2.92. The molecule has 29 heavy (non-hydrogen) atoms. The van der Waals surface area contributed by atoms with E-state index < -0.39 is 0 Å². The fraction of sp³-hybridized carbons (Fsp3) is 0.455. The maximum Gasteiger partial charge on any atom is 0.320 e. The van der Waals surface area contributed by atoms with E-state index in [1.807, 2.05) is 32.2 Å². The van der Waals surface area contributed by atoms with Gasteiger partial charge in [-0.2, -0.15) is 0 Å². The highest BCUT2D eigenvalue weighted by atomic mass is 32.1. The summed E-state index contributed by atoms with van der Waals surface area (Å²) in [5.41, 5.74) is 1.98. The molecule has 0 aliphatic heterocycles. The highest BCUT2D eigenvalue weighted by Crippen LogP contribution is 2.20. The van der Waals surface area contributed by atoms with Crippen LogP contribution < -0.4 is 0 Å². The van der Waals surface area contributed by atoms with Crippen LogP contribution in [-0.4, -0.2) is 53.3 Å². The highest BCUT2D eigenvalue weighted by molar-refractivity contribution is 7.10. The second-order valence-electron chi connectivity index (χ2n) is 7.47. The quantitative estimate of drug-likeness (QED) is 0.632. The number of thiophene rings is 1. The smallest absolute Gasteiger partial charge is 0.320 e. The highest BCUT2D eigenvalue weighted by Gasteiger charge is 2.26. The average Bonchev–Trinajstić information content (AvgIpc) is 3.10. The minimum atomic E-state index is -0.305. The Morgan fingerprint density at radius 3 is 2.28 bits per heavy atom. The van der Waals surface area contributed by atoms with E-state index in [0.717, 1.165) is 22.4 Å². The SMILES string of the molecule is CCC(C)N(CC(=O)N(Cc1ccc(F)cc1)Cc1sccc1C)C(=O)N(C)C. The number of hydrogen-bond donors (Lipinski definition) is 0. The molecule has 0 aliphatic rings. The van der Waals surface area contributed by atoms with Crippen molar-refractivity contribution >= 4 is 23.3 Å². The molecule has 2 aromatic rings. The maximum absolute atomic E-state index is 13.3. The topological polar surface area (TPSA) is 43.9 Å². The van der Waals surface area contributed by atoms with Crippen LogP contribution in [-0.2, 0) is 17.9 Å². The van der Waals surface area contributed by atoms with Gasteiger partial charge in [0.15, 0.2) is 0 Å². The van der Waals surface area contributed by atoms with Gasteiger partial charge in [0.2, 0.25) is 5.91 Å². The van der Waals surface area contributed by atoms with E-state index in [0.29, 0.717) is 13.1 Å². The van der Waals surface area contributed by atoms with Gasteiger partial charge < -0.3 is 14.7 Å². The summed E-state index contributed by atoms with van der Waals surface area (Å²) < 4.78 is 13.3.